The predicted molar refractivity (Wildman–Crippen MR) is 45.7 cm³/mol. The first-order valence-corrected chi connectivity index (χ1v) is 3.02. The summed E-state index contributed by atoms with van der Waals surface area (Å²) in [4.78, 5) is 0. The van der Waals surface area contributed by atoms with Gasteiger partial charge in [-0.2, -0.15) is 0 Å². The molecule has 9 heavy (non-hydrogen) atoms. The summed E-state index contributed by atoms with van der Waals surface area (Å²) in [5.74, 6) is 0. The van der Waals surface area contributed by atoms with E-state index in [0.29, 0.717) is 6.61 Å². The maximum atomic E-state index is 8.29. The molecule has 0 aromatic carbocycles. The van der Waals surface area contributed by atoms with Crippen LogP contribution in [0.25, 0.3) is 0 Å². The Bertz CT molecular complexity index is 30.2. The van der Waals surface area contributed by atoms with E-state index < -0.39 is 0 Å². The average Bonchev–Trinajstić information content (AvgIpc) is 1.69. The molecule has 0 heterocycles. The number of aliphatic hydroxyl groups is 1. The van der Waals surface area contributed by atoms with Crippen LogP contribution >= 0.6 is 24.8 Å². The third-order valence-corrected chi connectivity index (χ3v) is 1.01. The van der Waals surface area contributed by atoms with Crippen LogP contribution in [0.2, 0.25) is 0 Å². The van der Waals surface area contributed by atoms with Gasteiger partial charge in [0.25, 0.3) is 0 Å². The summed E-state index contributed by atoms with van der Waals surface area (Å²) in [6, 6.07) is 0. The highest BCUT2D eigenvalue weighted by molar-refractivity contribution is 5.85. The van der Waals surface area contributed by atoms with Crippen LogP contribution in [0.1, 0.15) is 32.6 Å². The summed E-state index contributed by atoms with van der Waals surface area (Å²) in [6.07, 6.45) is 4.68. The van der Waals surface area contributed by atoms with Crippen LogP contribution in [0.5, 0.6) is 0 Å². The molecular weight excluding hydrogens is 159 g/mol. The standard InChI is InChI=1S/C6H14O.2ClH/c1-2-3-4-5-6-7;;/h7H,2-6H2,1H3;2*1H. The molecule has 1 nitrogen and oxygen atoms in total. The normalized spacial score (nSPS) is 7.33. The molecule has 3 heteroatoms. The smallest absolute Gasteiger partial charge is 0.0431 e. The number of hydrogen-bond donors (Lipinski definition) is 1. The van der Waals surface area contributed by atoms with Crippen molar-refractivity contribution in [2.24, 2.45) is 0 Å². The lowest BCUT2D eigenvalue weighted by molar-refractivity contribution is 0.283. The molecule has 0 amide bonds. The van der Waals surface area contributed by atoms with Crippen LogP contribution in [-0.2, 0) is 0 Å². The fourth-order valence-corrected chi connectivity index (χ4v) is 0.539. The third kappa shape index (κ3) is 17.7. The van der Waals surface area contributed by atoms with E-state index in [1.165, 1.54) is 19.3 Å². The molecule has 0 aromatic heterocycles. The van der Waals surface area contributed by atoms with Gasteiger partial charge in [0.05, 0.1) is 0 Å². The third-order valence-electron chi connectivity index (χ3n) is 1.01. The topological polar surface area (TPSA) is 20.2 Å². The Labute approximate surface area is 69.7 Å². The number of rotatable bonds is 4. The summed E-state index contributed by atoms with van der Waals surface area (Å²) in [6.45, 7) is 2.53. The van der Waals surface area contributed by atoms with E-state index in [4.69, 9.17) is 5.11 Å². The van der Waals surface area contributed by atoms with Crippen molar-refractivity contribution in [3.63, 3.8) is 0 Å². The van der Waals surface area contributed by atoms with E-state index in [-0.39, 0.29) is 24.8 Å². The number of aliphatic hydroxyl groups excluding tert-OH is 1. The first-order valence-electron chi connectivity index (χ1n) is 3.02. The van der Waals surface area contributed by atoms with Crippen molar-refractivity contribution in [3.8, 4) is 0 Å². The van der Waals surface area contributed by atoms with Gasteiger partial charge in [-0.05, 0) is 6.42 Å². The largest absolute Gasteiger partial charge is 0.396 e. The van der Waals surface area contributed by atoms with Gasteiger partial charge in [-0.3, -0.25) is 0 Å². The fourth-order valence-electron chi connectivity index (χ4n) is 0.539. The van der Waals surface area contributed by atoms with Crippen molar-refractivity contribution in [1.29, 1.82) is 0 Å². The molecule has 0 rings (SSSR count). The van der Waals surface area contributed by atoms with Gasteiger partial charge in [0.1, 0.15) is 0 Å². The zero-order valence-electron chi connectivity index (χ0n) is 5.80. The van der Waals surface area contributed by atoms with Crippen LogP contribution < -0.4 is 0 Å². The Kier molecular flexibility index (Phi) is 28.6. The molecule has 0 bridgehead atoms. The summed E-state index contributed by atoms with van der Waals surface area (Å²) in [7, 11) is 0. The first kappa shape index (κ1) is 16.3. The second-order valence-corrected chi connectivity index (χ2v) is 1.78. The summed E-state index contributed by atoms with van der Waals surface area (Å²) < 4.78 is 0. The fraction of sp³-hybridized carbons (Fsp3) is 1.00. The van der Waals surface area contributed by atoms with Crippen molar-refractivity contribution < 1.29 is 5.11 Å². The SMILES string of the molecule is CCCCCCO.Cl.Cl. The minimum absolute atomic E-state index is 0. The van der Waals surface area contributed by atoms with Crippen molar-refractivity contribution in [1.82, 2.24) is 0 Å². The maximum Gasteiger partial charge on any atom is 0.0431 e. The van der Waals surface area contributed by atoms with E-state index in [2.05, 4.69) is 6.92 Å². The Morgan fingerprint density at radius 3 is 1.89 bits per heavy atom. The molecule has 0 saturated heterocycles. The zero-order valence-corrected chi connectivity index (χ0v) is 7.43. The van der Waals surface area contributed by atoms with Crippen LogP contribution in [0.4, 0.5) is 0 Å². The van der Waals surface area contributed by atoms with Crippen molar-refractivity contribution in [3.05, 3.63) is 0 Å². The number of hydrogen-bond acceptors (Lipinski definition) is 1. The predicted octanol–water partition coefficient (Wildman–Crippen LogP) is 2.40. The minimum Gasteiger partial charge on any atom is -0.396 e. The Morgan fingerprint density at radius 1 is 1.00 bits per heavy atom. The Balaban J connectivity index is -0.000000180. The molecule has 60 valence electrons. The van der Waals surface area contributed by atoms with Gasteiger partial charge in [-0.15, -0.1) is 24.8 Å². The molecule has 0 saturated carbocycles. The van der Waals surface area contributed by atoms with Gasteiger partial charge in [-0.1, -0.05) is 26.2 Å². The lowest BCUT2D eigenvalue weighted by Gasteiger charge is -1.90. The van der Waals surface area contributed by atoms with Crippen molar-refractivity contribution in [2.45, 2.75) is 32.6 Å². The van der Waals surface area contributed by atoms with Crippen LogP contribution in [-0.4, -0.2) is 11.7 Å². The van der Waals surface area contributed by atoms with E-state index in [1.807, 2.05) is 0 Å². The molecule has 0 unspecified atom stereocenters. The summed E-state index contributed by atoms with van der Waals surface area (Å²) in [5, 5.41) is 8.29. The van der Waals surface area contributed by atoms with E-state index in [1.54, 1.807) is 0 Å². The number of halogens is 2. The summed E-state index contributed by atoms with van der Waals surface area (Å²) >= 11 is 0. The second kappa shape index (κ2) is 15.8. The second-order valence-electron chi connectivity index (χ2n) is 1.78. The van der Waals surface area contributed by atoms with Gasteiger partial charge in [0.15, 0.2) is 0 Å². The van der Waals surface area contributed by atoms with E-state index >= 15 is 0 Å². The van der Waals surface area contributed by atoms with Crippen LogP contribution in [0.15, 0.2) is 0 Å². The van der Waals surface area contributed by atoms with E-state index in [0.717, 1.165) is 6.42 Å². The minimum atomic E-state index is 0. The van der Waals surface area contributed by atoms with Gasteiger partial charge in [0.2, 0.25) is 0 Å². The maximum absolute atomic E-state index is 8.29. The summed E-state index contributed by atoms with van der Waals surface area (Å²) in [5.41, 5.74) is 0. The van der Waals surface area contributed by atoms with Gasteiger partial charge in [0, 0.05) is 6.61 Å². The Hall–Kier alpha value is 0.540. The monoisotopic (exact) mass is 174 g/mol. The lowest BCUT2D eigenvalue weighted by atomic mass is 10.2. The molecule has 0 spiro atoms. The highest BCUT2D eigenvalue weighted by Gasteiger charge is 1.80. The molecule has 0 aliphatic rings. The molecule has 0 aliphatic heterocycles. The molecule has 1 N–H and O–H groups in total. The van der Waals surface area contributed by atoms with Crippen molar-refractivity contribution >= 4 is 24.8 Å². The van der Waals surface area contributed by atoms with Gasteiger partial charge < -0.3 is 5.11 Å². The highest BCUT2D eigenvalue weighted by Crippen LogP contribution is 1.95. The molecule has 0 aromatic rings. The first-order chi connectivity index (χ1) is 3.41. The Morgan fingerprint density at radius 2 is 1.56 bits per heavy atom. The van der Waals surface area contributed by atoms with Crippen LogP contribution in [0.3, 0.4) is 0 Å². The van der Waals surface area contributed by atoms with Gasteiger partial charge >= 0.3 is 0 Å². The quantitative estimate of drug-likeness (QED) is 0.650. The van der Waals surface area contributed by atoms with E-state index in [9.17, 15) is 0 Å². The molecular formula is C6H16Cl2O. The average molecular weight is 175 g/mol. The molecule has 0 radical (unpaired) electrons. The lowest BCUT2D eigenvalue weighted by Crippen LogP contribution is -1.80. The molecule has 0 fully saturated rings. The highest BCUT2D eigenvalue weighted by atomic mass is 35.5. The van der Waals surface area contributed by atoms with Gasteiger partial charge in [-0.25, -0.2) is 0 Å². The van der Waals surface area contributed by atoms with Crippen LogP contribution in [0, 0.1) is 0 Å². The molecule has 0 atom stereocenters. The number of unbranched alkanes of at least 4 members (excludes halogenated alkanes) is 3. The molecule has 0 aliphatic carbocycles. The van der Waals surface area contributed by atoms with Crippen molar-refractivity contribution in [2.75, 3.05) is 6.61 Å². The zero-order chi connectivity index (χ0) is 5.54.